The van der Waals surface area contributed by atoms with Crippen LogP contribution in [0.5, 0.6) is 0 Å². The minimum atomic E-state index is -0.635. The van der Waals surface area contributed by atoms with Crippen molar-refractivity contribution < 1.29 is 19.2 Å². The second-order valence-electron chi connectivity index (χ2n) is 6.18. The number of ether oxygens (including phenoxy) is 1. The summed E-state index contributed by atoms with van der Waals surface area (Å²) in [6.07, 6.45) is 0.704. The van der Waals surface area contributed by atoms with Crippen LogP contribution in [0.15, 0.2) is 42.5 Å². The Morgan fingerprint density at radius 2 is 1.93 bits per heavy atom. The van der Waals surface area contributed by atoms with Gasteiger partial charge in [0.05, 0.1) is 35.3 Å². The summed E-state index contributed by atoms with van der Waals surface area (Å²) in [5.74, 6) is -0.978. The van der Waals surface area contributed by atoms with Crippen molar-refractivity contribution in [3.63, 3.8) is 0 Å². The molecule has 0 saturated carbocycles. The van der Waals surface area contributed by atoms with Crippen LogP contribution in [0.3, 0.4) is 0 Å². The zero-order chi connectivity index (χ0) is 21.4. The third-order valence-electron chi connectivity index (χ3n) is 4.21. The van der Waals surface area contributed by atoms with Gasteiger partial charge in [-0.15, -0.1) is 0 Å². The van der Waals surface area contributed by atoms with Gasteiger partial charge in [0.2, 0.25) is 5.91 Å². The van der Waals surface area contributed by atoms with Gasteiger partial charge in [-0.05, 0) is 37.1 Å². The average Bonchev–Trinajstić information content (AvgIpc) is 2.72. The van der Waals surface area contributed by atoms with E-state index in [1.54, 1.807) is 31.2 Å². The Kier molecular flexibility index (Phi) is 7.43. The monoisotopic (exact) mass is 395 g/mol. The summed E-state index contributed by atoms with van der Waals surface area (Å²) in [7, 11) is 0. The van der Waals surface area contributed by atoms with E-state index < -0.39 is 10.9 Å². The van der Waals surface area contributed by atoms with Gasteiger partial charge in [0.25, 0.3) is 5.69 Å². The Balaban J connectivity index is 2.60. The number of esters is 1. The van der Waals surface area contributed by atoms with Crippen LogP contribution in [0.4, 0.5) is 11.4 Å². The number of anilines is 1. The first-order valence-electron chi connectivity index (χ1n) is 9.16. The predicted octanol–water partition coefficient (Wildman–Crippen LogP) is 3.98. The number of hydrogen-bond donors (Lipinski definition) is 0. The van der Waals surface area contributed by atoms with E-state index in [1.165, 1.54) is 23.1 Å². The Hall–Kier alpha value is -3.73. The number of carbonyl (C=O) groups is 2. The van der Waals surface area contributed by atoms with E-state index >= 15 is 0 Å². The van der Waals surface area contributed by atoms with Gasteiger partial charge in [-0.3, -0.25) is 14.9 Å². The fourth-order valence-electron chi connectivity index (χ4n) is 2.83. The minimum Gasteiger partial charge on any atom is -0.462 e. The molecule has 0 saturated heterocycles. The highest BCUT2D eigenvalue weighted by Crippen LogP contribution is 2.32. The first kappa shape index (κ1) is 21.6. The maximum absolute atomic E-state index is 12.8. The van der Waals surface area contributed by atoms with E-state index in [0.717, 1.165) is 0 Å². The van der Waals surface area contributed by atoms with Crippen molar-refractivity contribution in [2.75, 3.05) is 11.5 Å². The second kappa shape index (κ2) is 9.99. The zero-order valence-electron chi connectivity index (χ0n) is 16.3. The van der Waals surface area contributed by atoms with Crippen LogP contribution in [0.1, 0.15) is 48.2 Å². The average molecular weight is 395 g/mol. The van der Waals surface area contributed by atoms with Crippen molar-refractivity contribution in [3.05, 3.63) is 69.3 Å². The lowest BCUT2D eigenvalue weighted by Crippen LogP contribution is -2.31. The molecule has 150 valence electrons. The van der Waals surface area contributed by atoms with Crippen LogP contribution < -0.4 is 4.90 Å². The molecule has 2 aromatic carbocycles. The lowest BCUT2D eigenvalue weighted by atomic mass is 10.1. The van der Waals surface area contributed by atoms with Gasteiger partial charge in [-0.1, -0.05) is 25.1 Å². The molecular weight excluding hydrogens is 374 g/mol. The molecule has 0 unspecified atom stereocenters. The molecule has 0 aromatic heterocycles. The summed E-state index contributed by atoms with van der Waals surface area (Å²) in [4.78, 5) is 37.2. The maximum atomic E-state index is 12.8. The molecule has 0 atom stereocenters. The molecule has 0 heterocycles. The standard InChI is InChI=1S/C21H21N3O5/c1-3-7-20(25)23(14-17-9-6-5-8-16(17)13-22)19-12-15(21(26)29-4-2)10-11-18(19)24(27)28/h5-6,8-12H,3-4,7,14H2,1-2H3. The van der Waals surface area contributed by atoms with Crippen LogP contribution in [0.2, 0.25) is 0 Å². The molecule has 29 heavy (non-hydrogen) atoms. The molecule has 0 aliphatic rings. The number of rotatable bonds is 8. The molecule has 0 N–H and O–H groups in total. The third kappa shape index (κ3) is 5.17. The fraction of sp³-hybridized carbons (Fsp3) is 0.286. The number of amides is 1. The molecule has 1 amide bonds. The normalized spacial score (nSPS) is 10.1. The molecule has 0 aliphatic carbocycles. The second-order valence-corrected chi connectivity index (χ2v) is 6.18. The van der Waals surface area contributed by atoms with Crippen molar-refractivity contribution in [1.29, 1.82) is 5.26 Å². The minimum absolute atomic E-state index is 0.00764. The molecule has 0 aliphatic heterocycles. The van der Waals surface area contributed by atoms with E-state index in [4.69, 9.17) is 4.74 Å². The molecule has 8 nitrogen and oxygen atoms in total. The van der Waals surface area contributed by atoms with Gasteiger partial charge in [0, 0.05) is 12.5 Å². The van der Waals surface area contributed by atoms with Crippen molar-refractivity contribution >= 4 is 23.3 Å². The smallest absolute Gasteiger partial charge is 0.338 e. The molecule has 0 fully saturated rings. The van der Waals surface area contributed by atoms with Crippen LogP contribution in [0, 0.1) is 21.4 Å². The summed E-state index contributed by atoms with van der Waals surface area (Å²) in [5, 5.41) is 20.9. The molecule has 8 heteroatoms. The summed E-state index contributed by atoms with van der Waals surface area (Å²) in [6, 6.07) is 12.6. The van der Waals surface area contributed by atoms with Crippen LogP contribution in [0.25, 0.3) is 0 Å². The highest BCUT2D eigenvalue weighted by atomic mass is 16.6. The summed E-state index contributed by atoms with van der Waals surface area (Å²) in [6.45, 7) is 3.59. The number of nitro groups is 1. The molecular formula is C21H21N3O5. The lowest BCUT2D eigenvalue weighted by molar-refractivity contribution is -0.384. The fourth-order valence-corrected chi connectivity index (χ4v) is 2.83. The van der Waals surface area contributed by atoms with E-state index in [-0.39, 0.29) is 42.4 Å². The Morgan fingerprint density at radius 3 is 2.55 bits per heavy atom. The van der Waals surface area contributed by atoms with Crippen molar-refractivity contribution in [1.82, 2.24) is 0 Å². The zero-order valence-corrected chi connectivity index (χ0v) is 16.3. The first-order valence-corrected chi connectivity index (χ1v) is 9.16. The molecule has 2 aromatic rings. The van der Waals surface area contributed by atoms with Crippen LogP contribution in [-0.2, 0) is 16.1 Å². The quantitative estimate of drug-likeness (QED) is 0.379. The van der Waals surface area contributed by atoms with Gasteiger partial charge < -0.3 is 9.64 Å². The van der Waals surface area contributed by atoms with Crippen molar-refractivity contribution in [2.24, 2.45) is 0 Å². The largest absolute Gasteiger partial charge is 0.462 e. The van der Waals surface area contributed by atoms with Gasteiger partial charge in [-0.25, -0.2) is 4.79 Å². The highest BCUT2D eigenvalue weighted by Gasteiger charge is 2.26. The van der Waals surface area contributed by atoms with E-state index in [1.807, 2.05) is 6.92 Å². The maximum Gasteiger partial charge on any atom is 0.338 e. The first-order chi connectivity index (χ1) is 13.9. The van der Waals surface area contributed by atoms with Gasteiger partial charge >= 0.3 is 5.97 Å². The number of hydrogen-bond acceptors (Lipinski definition) is 6. The molecule has 2 rings (SSSR count). The van der Waals surface area contributed by atoms with E-state index in [2.05, 4.69) is 6.07 Å². The number of nitro benzene ring substituents is 1. The van der Waals surface area contributed by atoms with Crippen LogP contribution in [-0.4, -0.2) is 23.4 Å². The predicted molar refractivity (Wildman–Crippen MR) is 106 cm³/mol. The summed E-state index contributed by atoms with van der Waals surface area (Å²) < 4.78 is 4.97. The van der Waals surface area contributed by atoms with Gasteiger partial charge in [-0.2, -0.15) is 5.26 Å². The highest BCUT2D eigenvalue weighted by molar-refractivity contribution is 5.98. The molecule has 0 radical (unpaired) electrons. The van der Waals surface area contributed by atoms with E-state index in [0.29, 0.717) is 17.5 Å². The van der Waals surface area contributed by atoms with Crippen molar-refractivity contribution in [2.45, 2.75) is 33.2 Å². The topological polar surface area (TPSA) is 114 Å². The SMILES string of the molecule is CCCC(=O)N(Cc1ccccc1C#N)c1cc(C(=O)OCC)ccc1[N+](=O)[O-]. The molecule has 0 spiro atoms. The number of nitriles is 1. The number of carbonyl (C=O) groups excluding carboxylic acids is 2. The van der Waals surface area contributed by atoms with E-state index in [9.17, 15) is 25.0 Å². The molecule has 0 bridgehead atoms. The van der Waals surface area contributed by atoms with Crippen LogP contribution >= 0.6 is 0 Å². The lowest BCUT2D eigenvalue weighted by Gasteiger charge is -2.23. The van der Waals surface area contributed by atoms with Gasteiger partial charge in [0.1, 0.15) is 5.69 Å². The van der Waals surface area contributed by atoms with Gasteiger partial charge in [0.15, 0.2) is 0 Å². The summed E-state index contributed by atoms with van der Waals surface area (Å²) >= 11 is 0. The number of nitrogens with zero attached hydrogens (tertiary/aromatic N) is 3. The third-order valence-corrected chi connectivity index (χ3v) is 4.21. The Morgan fingerprint density at radius 1 is 1.21 bits per heavy atom. The Bertz CT molecular complexity index is 965. The van der Waals surface area contributed by atoms with Crippen molar-refractivity contribution in [3.8, 4) is 6.07 Å². The summed E-state index contributed by atoms with van der Waals surface area (Å²) in [5.41, 5.74) is 0.709. The number of benzene rings is 2. The Labute approximate surface area is 168 Å².